The minimum atomic E-state index is -0.220. The Labute approximate surface area is 153 Å². The Bertz CT molecular complexity index is 824. The van der Waals surface area contributed by atoms with Gasteiger partial charge in [-0.2, -0.15) is 0 Å². The van der Waals surface area contributed by atoms with Crippen molar-refractivity contribution in [1.82, 2.24) is 10.3 Å². The summed E-state index contributed by atoms with van der Waals surface area (Å²) in [5.41, 5.74) is 2.01. The predicted molar refractivity (Wildman–Crippen MR) is 97.9 cm³/mol. The Hall–Kier alpha value is -2.32. The smallest absolute Gasteiger partial charge is 0.323 e. The van der Waals surface area contributed by atoms with E-state index in [9.17, 15) is 9.59 Å². The van der Waals surface area contributed by atoms with Crippen LogP contribution in [0.5, 0.6) is 5.75 Å². The van der Waals surface area contributed by atoms with Gasteiger partial charge in [0.2, 0.25) is 5.91 Å². The lowest BCUT2D eigenvalue weighted by Gasteiger charge is -2.12. The second kappa shape index (κ2) is 7.28. The van der Waals surface area contributed by atoms with Gasteiger partial charge >= 0.3 is 6.03 Å². The molecule has 0 atom stereocenters. The van der Waals surface area contributed by atoms with E-state index >= 15 is 0 Å². The van der Waals surface area contributed by atoms with Gasteiger partial charge in [0.1, 0.15) is 5.75 Å². The first-order chi connectivity index (χ1) is 12.0. The minimum Gasteiger partial charge on any atom is -0.495 e. The van der Waals surface area contributed by atoms with Crippen LogP contribution in [-0.4, -0.2) is 37.1 Å². The van der Waals surface area contributed by atoms with Crippen LogP contribution in [0.2, 0.25) is 5.02 Å². The first-order valence-electron chi connectivity index (χ1n) is 7.61. The summed E-state index contributed by atoms with van der Waals surface area (Å²) in [6.07, 6.45) is 0.108. The molecule has 2 heterocycles. The maximum absolute atomic E-state index is 12.3. The number of ether oxygens (including phenoxy) is 1. The van der Waals surface area contributed by atoms with Gasteiger partial charge in [0.25, 0.3) is 0 Å². The zero-order valence-electron chi connectivity index (χ0n) is 13.8. The number of amides is 3. The molecule has 25 heavy (non-hydrogen) atoms. The van der Waals surface area contributed by atoms with Crippen LogP contribution in [0, 0.1) is 6.92 Å². The van der Waals surface area contributed by atoms with Gasteiger partial charge in [-0.3, -0.25) is 9.69 Å². The SMILES string of the molecule is COc1cc(Cl)c(C)cc1NC(=O)Cc1csc(N2CCNC2=O)n1. The number of nitrogens with one attached hydrogen (secondary N) is 2. The van der Waals surface area contributed by atoms with E-state index < -0.39 is 0 Å². The van der Waals surface area contributed by atoms with E-state index in [2.05, 4.69) is 15.6 Å². The van der Waals surface area contributed by atoms with Crippen molar-refractivity contribution < 1.29 is 14.3 Å². The van der Waals surface area contributed by atoms with E-state index in [1.54, 1.807) is 22.4 Å². The zero-order chi connectivity index (χ0) is 18.0. The van der Waals surface area contributed by atoms with Gasteiger partial charge in [0.15, 0.2) is 5.13 Å². The first kappa shape index (κ1) is 17.5. The van der Waals surface area contributed by atoms with Gasteiger partial charge in [-0.1, -0.05) is 11.6 Å². The molecule has 0 radical (unpaired) electrons. The molecule has 2 N–H and O–H groups in total. The van der Waals surface area contributed by atoms with Crippen LogP contribution in [0.1, 0.15) is 11.3 Å². The average Bonchev–Trinajstić information content (AvgIpc) is 3.19. The summed E-state index contributed by atoms with van der Waals surface area (Å²) in [5, 5.41) is 8.49. The highest BCUT2D eigenvalue weighted by molar-refractivity contribution is 7.14. The monoisotopic (exact) mass is 380 g/mol. The Morgan fingerprint density at radius 1 is 1.52 bits per heavy atom. The van der Waals surface area contributed by atoms with E-state index in [1.165, 1.54) is 18.4 Å². The number of carbonyl (C=O) groups excluding carboxylic acids is 2. The molecule has 3 rings (SSSR count). The number of thiazole rings is 1. The lowest BCUT2D eigenvalue weighted by atomic mass is 10.2. The highest BCUT2D eigenvalue weighted by atomic mass is 35.5. The van der Waals surface area contributed by atoms with E-state index in [0.29, 0.717) is 40.4 Å². The molecule has 1 aromatic carbocycles. The van der Waals surface area contributed by atoms with Gasteiger partial charge in [-0.05, 0) is 18.6 Å². The number of benzene rings is 1. The molecular formula is C16H17ClN4O3S. The van der Waals surface area contributed by atoms with Gasteiger partial charge in [0, 0.05) is 29.6 Å². The summed E-state index contributed by atoms with van der Waals surface area (Å²) in [5.74, 6) is 0.277. The molecule has 0 aliphatic carbocycles. The van der Waals surface area contributed by atoms with Gasteiger partial charge < -0.3 is 15.4 Å². The predicted octanol–water partition coefficient (Wildman–Crippen LogP) is 2.82. The Kier molecular flexibility index (Phi) is 5.10. The lowest BCUT2D eigenvalue weighted by molar-refractivity contribution is -0.115. The normalized spacial score (nSPS) is 13.7. The van der Waals surface area contributed by atoms with Gasteiger partial charge in [-0.25, -0.2) is 9.78 Å². The third-order valence-electron chi connectivity index (χ3n) is 3.72. The van der Waals surface area contributed by atoms with Crippen LogP contribution in [0.4, 0.5) is 15.6 Å². The number of halogens is 1. The van der Waals surface area contributed by atoms with E-state index in [-0.39, 0.29) is 18.4 Å². The fourth-order valence-corrected chi connectivity index (χ4v) is 3.45. The molecule has 9 heteroatoms. The molecule has 132 valence electrons. The second-order valence-electron chi connectivity index (χ2n) is 5.53. The van der Waals surface area contributed by atoms with Crippen LogP contribution in [-0.2, 0) is 11.2 Å². The molecule has 0 bridgehead atoms. The standard InChI is InChI=1S/C16H17ClN4O3S/c1-9-5-12(13(24-2)7-11(9)17)20-14(22)6-10-8-25-16(19-10)21-4-3-18-15(21)23/h5,7-8H,3-4,6H2,1-2H3,(H,18,23)(H,20,22). The first-order valence-corrected chi connectivity index (χ1v) is 8.87. The summed E-state index contributed by atoms with van der Waals surface area (Å²) in [6, 6.07) is 3.27. The third-order valence-corrected chi connectivity index (χ3v) is 5.04. The number of hydrogen-bond acceptors (Lipinski definition) is 5. The number of aryl methyl sites for hydroxylation is 1. The summed E-state index contributed by atoms with van der Waals surface area (Å²) in [6.45, 7) is 3.04. The number of rotatable bonds is 5. The van der Waals surface area contributed by atoms with Crippen molar-refractivity contribution in [3.05, 3.63) is 33.8 Å². The fourth-order valence-electron chi connectivity index (χ4n) is 2.44. The fraction of sp³-hybridized carbons (Fsp3) is 0.312. The van der Waals surface area contributed by atoms with E-state index in [1.807, 2.05) is 6.92 Å². The molecule has 0 saturated carbocycles. The van der Waals surface area contributed by atoms with Crippen LogP contribution in [0.25, 0.3) is 0 Å². The van der Waals surface area contributed by atoms with Crippen molar-refractivity contribution in [3.63, 3.8) is 0 Å². The minimum absolute atomic E-state index is 0.108. The van der Waals surface area contributed by atoms with Crippen LogP contribution in [0.3, 0.4) is 0 Å². The van der Waals surface area contributed by atoms with Gasteiger partial charge in [-0.15, -0.1) is 11.3 Å². The molecule has 1 aromatic heterocycles. The Balaban J connectivity index is 1.68. The molecule has 0 unspecified atom stereocenters. The van der Waals surface area contributed by atoms with Crippen LogP contribution < -0.4 is 20.3 Å². The number of urea groups is 1. The van der Waals surface area contributed by atoms with Crippen molar-refractivity contribution in [3.8, 4) is 5.75 Å². The third kappa shape index (κ3) is 3.85. The number of carbonyl (C=O) groups is 2. The molecule has 1 saturated heterocycles. The highest BCUT2D eigenvalue weighted by Gasteiger charge is 2.24. The van der Waals surface area contributed by atoms with Crippen molar-refractivity contribution in [2.45, 2.75) is 13.3 Å². The highest BCUT2D eigenvalue weighted by Crippen LogP contribution is 2.31. The number of aromatic nitrogens is 1. The maximum atomic E-state index is 12.3. The summed E-state index contributed by atoms with van der Waals surface area (Å²) in [4.78, 5) is 29.9. The topological polar surface area (TPSA) is 83.6 Å². The Morgan fingerprint density at radius 3 is 3.00 bits per heavy atom. The largest absolute Gasteiger partial charge is 0.495 e. The molecule has 1 aliphatic rings. The quantitative estimate of drug-likeness (QED) is 0.835. The van der Waals surface area contributed by atoms with E-state index in [4.69, 9.17) is 16.3 Å². The van der Waals surface area contributed by atoms with E-state index in [0.717, 1.165) is 5.56 Å². The zero-order valence-corrected chi connectivity index (χ0v) is 15.3. The molecule has 0 spiro atoms. The number of methoxy groups -OCH3 is 1. The molecule has 1 aliphatic heterocycles. The Morgan fingerprint density at radius 2 is 2.32 bits per heavy atom. The van der Waals surface area contributed by atoms with Crippen molar-refractivity contribution in [1.29, 1.82) is 0 Å². The second-order valence-corrected chi connectivity index (χ2v) is 6.78. The number of nitrogens with zero attached hydrogens (tertiary/aromatic N) is 2. The summed E-state index contributed by atoms with van der Waals surface area (Å²) >= 11 is 7.41. The van der Waals surface area contributed by atoms with Crippen molar-refractivity contribution in [2.75, 3.05) is 30.4 Å². The summed E-state index contributed by atoms with van der Waals surface area (Å²) < 4.78 is 5.25. The maximum Gasteiger partial charge on any atom is 0.323 e. The molecular weight excluding hydrogens is 364 g/mol. The number of hydrogen-bond donors (Lipinski definition) is 2. The van der Waals surface area contributed by atoms with Crippen molar-refractivity contribution >= 4 is 45.7 Å². The summed E-state index contributed by atoms with van der Waals surface area (Å²) in [7, 11) is 1.52. The van der Waals surface area contributed by atoms with Crippen LogP contribution in [0.15, 0.2) is 17.5 Å². The molecule has 1 fully saturated rings. The molecule has 2 aromatic rings. The average molecular weight is 381 g/mol. The molecule has 3 amide bonds. The molecule has 7 nitrogen and oxygen atoms in total. The number of anilines is 2. The van der Waals surface area contributed by atoms with Gasteiger partial charge in [0.05, 0.1) is 24.9 Å². The lowest BCUT2D eigenvalue weighted by Crippen LogP contribution is -2.27. The van der Waals surface area contributed by atoms with Crippen molar-refractivity contribution in [2.24, 2.45) is 0 Å². The van der Waals surface area contributed by atoms with Crippen LogP contribution >= 0.6 is 22.9 Å².